The van der Waals surface area contributed by atoms with Crippen molar-refractivity contribution in [2.45, 2.75) is 18.1 Å². The number of ether oxygens (including phenoxy) is 1. The molecule has 0 bridgehead atoms. The van der Waals surface area contributed by atoms with E-state index < -0.39 is 0 Å². The van der Waals surface area contributed by atoms with Crippen LogP contribution < -0.4 is 4.74 Å². The Hall–Kier alpha value is -2.69. The van der Waals surface area contributed by atoms with E-state index in [9.17, 15) is 0 Å². The van der Waals surface area contributed by atoms with Crippen molar-refractivity contribution in [2.24, 2.45) is 0 Å². The average Bonchev–Trinajstić information content (AvgIpc) is 3.06. The van der Waals surface area contributed by atoms with Gasteiger partial charge in [0.05, 0.1) is 5.54 Å². The smallest absolute Gasteiger partial charge is 0.119 e. The van der Waals surface area contributed by atoms with Gasteiger partial charge in [0.25, 0.3) is 0 Å². The fourth-order valence-electron chi connectivity index (χ4n) is 3.69. The Bertz CT molecular complexity index is 785. The minimum Gasteiger partial charge on any atom is -0.491 e. The molecule has 2 unspecified atom stereocenters. The van der Waals surface area contributed by atoms with Crippen LogP contribution in [-0.4, -0.2) is 29.8 Å². The molecule has 2 atom stereocenters. The molecule has 4 heteroatoms. The maximum atomic E-state index is 6.19. The molecule has 1 aromatic heterocycles. The van der Waals surface area contributed by atoms with Crippen LogP contribution in [0.5, 0.6) is 5.75 Å². The van der Waals surface area contributed by atoms with Crippen molar-refractivity contribution in [1.82, 2.24) is 10.0 Å². The van der Waals surface area contributed by atoms with Crippen LogP contribution in [0.1, 0.15) is 17.5 Å². The molecule has 132 valence electrons. The lowest BCUT2D eigenvalue weighted by Crippen LogP contribution is -2.39. The summed E-state index contributed by atoms with van der Waals surface area (Å²) in [4.78, 5) is 10.5. The molecule has 3 aromatic rings. The van der Waals surface area contributed by atoms with Gasteiger partial charge in [0.1, 0.15) is 18.5 Å². The number of aromatic nitrogens is 1. The number of pyridine rings is 1. The molecule has 4 nitrogen and oxygen atoms in total. The third-order valence-corrected chi connectivity index (χ3v) is 4.94. The fourth-order valence-corrected chi connectivity index (χ4v) is 3.69. The summed E-state index contributed by atoms with van der Waals surface area (Å²) in [6.45, 7) is 0.503. The van der Waals surface area contributed by atoms with Crippen molar-refractivity contribution in [1.29, 1.82) is 0 Å². The van der Waals surface area contributed by atoms with Gasteiger partial charge in [-0.2, -0.15) is 5.06 Å². The highest BCUT2D eigenvalue weighted by atomic mass is 16.7. The van der Waals surface area contributed by atoms with Crippen LogP contribution in [0.4, 0.5) is 0 Å². The molecule has 2 heterocycles. The van der Waals surface area contributed by atoms with Gasteiger partial charge in [0, 0.05) is 25.9 Å². The third-order valence-electron chi connectivity index (χ3n) is 4.94. The highest BCUT2D eigenvalue weighted by Gasteiger charge is 2.48. The van der Waals surface area contributed by atoms with Crippen LogP contribution in [0.2, 0.25) is 0 Å². The molecule has 1 saturated heterocycles. The Morgan fingerprint density at radius 2 is 1.69 bits per heavy atom. The maximum Gasteiger partial charge on any atom is 0.119 e. The van der Waals surface area contributed by atoms with E-state index in [1.807, 2.05) is 60.8 Å². The molecule has 4 rings (SSSR count). The predicted molar refractivity (Wildman–Crippen MR) is 101 cm³/mol. The first-order valence-electron chi connectivity index (χ1n) is 8.83. The quantitative estimate of drug-likeness (QED) is 0.698. The van der Waals surface area contributed by atoms with Crippen LogP contribution >= 0.6 is 0 Å². The van der Waals surface area contributed by atoms with Gasteiger partial charge in [-0.15, -0.1) is 0 Å². The standard InChI is InChI=1S/C22H22N2O2/c1-24-22(18-9-4-2-5-10-18,19-11-8-14-23-16-19)15-21(26-24)17-25-20-12-6-3-7-13-20/h2-14,16,21H,15,17H2,1H3. The Kier molecular flexibility index (Phi) is 4.69. The first-order valence-corrected chi connectivity index (χ1v) is 8.83. The zero-order chi connectivity index (χ0) is 17.8. The molecule has 0 N–H and O–H groups in total. The topological polar surface area (TPSA) is 34.6 Å². The SMILES string of the molecule is CN1OC(COc2ccccc2)CC1(c1ccccc1)c1cccnc1. The molecule has 1 aliphatic heterocycles. The summed E-state index contributed by atoms with van der Waals surface area (Å²) in [5, 5.41) is 1.96. The van der Waals surface area contributed by atoms with Crippen molar-refractivity contribution < 1.29 is 9.57 Å². The highest BCUT2D eigenvalue weighted by molar-refractivity contribution is 5.38. The monoisotopic (exact) mass is 346 g/mol. The second kappa shape index (κ2) is 7.28. The average molecular weight is 346 g/mol. The maximum absolute atomic E-state index is 6.19. The van der Waals surface area contributed by atoms with Gasteiger partial charge in [-0.05, 0) is 29.3 Å². The van der Waals surface area contributed by atoms with Crippen molar-refractivity contribution >= 4 is 0 Å². The minimum atomic E-state index is -0.375. The molecule has 2 aromatic carbocycles. The number of nitrogens with zero attached hydrogens (tertiary/aromatic N) is 2. The zero-order valence-electron chi connectivity index (χ0n) is 14.8. The van der Waals surface area contributed by atoms with Crippen molar-refractivity contribution in [3.05, 3.63) is 96.3 Å². The summed E-state index contributed by atoms with van der Waals surface area (Å²) in [6, 6.07) is 24.4. The number of hydrogen-bond donors (Lipinski definition) is 0. The van der Waals surface area contributed by atoms with E-state index in [2.05, 4.69) is 35.3 Å². The van der Waals surface area contributed by atoms with Crippen LogP contribution in [0.3, 0.4) is 0 Å². The Morgan fingerprint density at radius 3 is 2.38 bits per heavy atom. The predicted octanol–water partition coefficient (Wildman–Crippen LogP) is 4.04. The van der Waals surface area contributed by atoms with Gasteiger partial charge in [-0.25, -0.2) is 0 Å². The zero-order valence-corrected chi connectivity index (χ0v) is 14.8. The van der Waals surface area contributed by atoms with Crippen molar-refractivity contribution in [2.75, 3.05) is 13.7 Å². The third kappa shape index (κ3) is 3.09. The van der Waals surface area contributed by atoms with Crippen LogP contribution in [0, 0.1) is 0 Å². The van der Waals surface area contributed by atoms with E-state index in [4.69, 9.17) is 9.57 Å². The lowest BCUT2D eigenvalue weighted by molar-refractivity contribution is -0.168. The summed E-state index contributed by atoms with van der Waals surface area (Å²) in [7, 11) is 1.99. The number of hydroxylamine groups is 2. The first kappa shape index (κ1) is 16.8. The number of rotatable bonds is 5. The fraction of sp³-hybridized carbons (Fsp3) is 0.227. The summed E-state index contributed by atoms with van der Waals surface area (Å²) in [5.41, 5.74) is 1.94. The molecule has 0 aliphatic carbocycles. The van der Waals surface area contributed by atoms with Crippen LogP contribution in [0.25, 0.3) is 0 Å². The van der Waals surface area contributed by atoms with Crippen molar-refractivity contribution in [3.63, 3.8) is 0 Å². The van der Waals surface area contributed by atoms with Gasteiger partial charge in [-0.3, -0.25) is 9.82 Å². The van der Waals surface area contributed by atoms with Gasteiger partial charge in [-0.1, -0.05) is 54.6 Å². The van der Waals surface area contributed by atoms with Gasteiger partial charge >= 0.3 is 0 Å². The van der Waals surface area contributed by atoms with E-state index >= 15 is 0 Å². The van der Waals surface area contributed by atoms with Gasteiger partial charge in [0.15, 0.2) is 0 Å². The van der Waals surface area contributed by atoms with E-state index in [0.717, 1.165) is 17.7 Å². The van der Waals surface area contributed by atoms with Crippen molar-refractivity contribution in [3.8, 4) is 5.75 Å². The van der Waals surface area contributed by atoms with E-state index in [0.29, 0.717) is 6.61 Å². The van der Waals surface area contributed by atoms with E-state index in [1.165, 1.54) is 5.56 Å². The highest BCUT2D eigenvalue weighted by Crippen LogP contribution is 2.44. The largest absolute Gasteiger partial charge is 0.491 e. The van der Waals surface area contributed by atoms with Crippen LogP contribution in [0.15, 0.2) is 85.2 Å². The molecule has 1 fully saturated rings. The Balaban J connectivity index is 1.62. The second-order valence-corrected chi connectivity index (χ2v) is 6.52. The number of benzene rings is 2. The van der Waals surface area contributed by atoms with Gasteiger partial charge < -0.3 is 4.74 Å². The first-order chi connectivity index (χ1) is 12.8. The molecular formula is C22H22N2O2. The summed E-state index contributed by atoms with van der Waals surface area (Å²) >= 11 is 0. The molecule has 1 aliphatic rings. The van der Waals surface area contributed by atoms with E-state index in [-0.39, 0.29) is 11.6 Å². The van der Waals surface area contributed by atoms with Gasteiger partial charge in [0.2, 0.25) is 0 Å². The Labute approximate surface area is 154 Å². The summed E-state index contributed by atoms with van der Waals surface area (Å²) < 4.78 is 5.94. The summed E-state index contributed by atoms with van der Waals surface area (Å²) in [5.74, 6) is 0.859. The molecule has 0 spiro atoms. The summed E-state index contributed by atoms with van der Waals surface area (Å²) in [6.07, 6.45) is 4.48. The molecule has 26 heavy (non-hydrogen) atoms. The normalized spacial score (nSPS) is 23.0. The molecular weight excluding hydrogens is 324 g/mol. The number of para-hydroxylation sites is 1. The lowest BCUT2D eigenvalue weighted by atomic mass is 9.80. The second-order valence-electron chi connectivity index (χ2n) is 6.52. The Morgan fingerprint density at radius 1 is 1.00 bits per heavy atom. The molecule has 0 saturated carbocycles. The number of hydrogen-bond acceptors (Lipinski definition) is 4. The molecule has 0 radical (unpaired) electrons. The lowest BCUT2D eigenvalue weighted by Gasteiger charge is -2.34. The van der Waals surface area contributed by atoms with E-state index in [1.54, 1.807) is 6.20 Å². The molecule has 0 amide bonds. The van der Waals surface area contributed by atoms with Crippen LogP contribution in [-0.2, 0) is 10.4 Å². The minimum absolute atomic E-state index is 0.0411.